The lowest BCUT2D eigenvalue weighted by Crippen LogP contribution is -2.28. The second kappa shape index (κ2) is 7.26. The van der Waals surface area contributed by atoms with Crippen molar-refractivity contribution in [3.05, 3.63) is 59.7 Å². The maximum absolute atomic E-state index is 11.8. The third-order valence-electron chi connectivity index (χ3n) is 3.00. The highest BCUT2D eigenvalue weighted by Gasteiger charge is 2.02. The van der Waals surface area contributed by atoms with E-state index in [-0.39, 0.29) is 11.9 Å². The lowest BCUT2D eigenvalue weighted by molar-refractivity contribution is -0.114. The molecule has 3 amide bonds. The largest absolute Gasteiger partial charge is 0.334 e. The Morgan fingerprint density at radius 2 is 1.59 bits per heavy atom. The summed E-state index contributed by atoms with van der Waals surface area (Å²) in [6.45, 7) is 3.93. The second-order valence-electron chi connectivity index (χ2n) is 5.06. The van der Waals surface area contributed by atoms with Gasteiger partial charge in [0, 0.05) is 24.8 Å². The number of carbonyl (C=O) groups is 2. The lowest BCUT2D eigenvalue weighted by Gasteiger charge is -2.09. The normalized spacial score (nSPS) is 9.91. The minimum atomic E-state index is -0.270. The van der Waals surface area contributed by atoms with Crippen molar-refractivity contribution in [3.63, 3.8) is 0 Å². The summed E-state index contributed by atoms with van der Waals surface area (Å²) in [5.41, 5.74) is 3.57. The van der Waals surface area contributed by atoms with E-state index in [0.29, 0.717) is 17.9 Å². The molecule has 0 bridgehead atoms. The number of aryl methyl sites for hydroxylation is 1. The number of hydrogen-bond donors (Lipinski definition) is 3. The third kappa shape index (κ3) is 4.94. The van der Waals surface area contributed by atoms with E-state index in [1.54, 1.807) is 24.3 Å². The SMILES string of the molecule is CC(=O)Nc1ccc(NC(=O)NCc2cccc(C)c2)cc1. The van der Waals surface area contributed by atoms with E-state index in [0.717, 1.165) is 11.1 Å². The minimum Gasteiger partial charge on any atom is -0.334 e. The zero-order valence-corrected chi connectivity index (χ0v) is 12.6. The molecule has 5 heteroatoms. The summed E-state index contributed by atoms with van der Waals surface area (Å²) < 4.78 is 0. The lowest BCUT2D eigenvalue weighted by atomic mass is 10.1. The molecule has 2 aromatic carbocycles. The fourth-order valence-corrected chi connectivity index (χ4v) is 2.02. The molecule has 114 valence electrons. The number of benzene rings is 2. The third-order valence-corrected chi connectivity index (χ3v) is 3.00. The summed E-state index contributed by atoms with van der Waals surface area (Å²) in [5, 5.41) is 8.22. The van der Waals surface area contributed by atoms with Crippen molar-refractivity contribution >= 4 is 23.3 Å². The average Bonchev–Trinajstić information content (AvgIpc) is 2.47. The van der Waals surface area contributed by atoms with Gasteiger partial charge in [-0.3, -0.25) is 4.79 Å². The van der Waals surface area contributed by atoms with E-state index >= 15 is 0 Å². The van der Waals surface area contributed by atoms with Crippen LogP contribution in [0.1, 0.15) is 18.1 Å². The zero-order chi connectivity index (χ0) is 15.9. The molecule has 0 heterocycles. The monoisotopic (exact) mass is 297 g/mol. The van der Waals surface area contributed by atoms with Crippen molar-refractivity contribution in [1.29, 1.82) is 0 Å². The fraction of sp³-hybridized carbons (Fsp3) is 0.176. The number of amides is 3. The second-order valence-corrected chi connectivity index (χ2v) is 5.06. The molecule has 0 atom stereocenters. The maximum Gasteiger partial charge on any atom is 0.319 e. The van der Waals surface area contributed by atoms with Gasteiger partial charge in [0.05, 0.1) is 0 Å². The number of nitrogens with one attached hydrogen (secondary N) is 3. The minimum absolute atomic E-state index is 0.128. The predicted molar refractivity (Wildman–Crippen MR) is 87.8 cm³/mol. The van der Waals surface area contributed by atoms with E-state index in [9.17, 15) is 9.59 Å². The van der Waals surface area contributed by atoms with Crippen molar-refractivity contribution in [2.75, 3.05) is 10.6 Å². The fourth-order valence-electron chi connectivity index (χ4n) is 2.02. The van der Waals surface area contributed by atoms with E-state index in [1.165, 1.54) is 6.92 Å². The van der Waals surface area contributed by atoms with E-state index in [2.05, 4.69) is 16.0 Å². The highest BCUT2D eigenvalue weighted by molar-refractivity contribution is 5.91. The number of rotatable bonds is 4. The highest BCUT2D eigenvalue weighted by atomic mass is 16.2. The molecule has 3 N–H and O–H groups in total. The van der Waals surface area contributed by atoms with E-state index in [4.69, 9.17) is 0 Å². The van der Waals surface area contributed by atoms with Gasteiger partial charge in [-0.25, -0.2) is 4.79 Å². The molecule has 0 unspecified atom stereocenters. The Hall–Kier alpha value is -2.82. The van der Waals surface area contributed by atoms with Crippen molar-refractivity contribution < 1.29 is 9.59 Å². The summed E-state index contributed by atoms with van der Waals surface area (Å²) in [7, 11) is 0. The number of anilines is 2. The van der Waals surface area contributed by atoms with Gasteiger partial charge in [-0.1, -0.05) is 29.8 Å². The van der Waals surface area contributed by atoms with Gasteiger partial charge < -0.3 is 16.0 Å². The molecule has 0 saturated heterocycles. The molecule has 2 rings (SSSR count). The molecule has 22 heavy (non-hydrogen) atoms. The Kier molecular flexibility index (Phi) is 5.14. The van der Waals surface area contributed by atoms with Gasteiger partial charge in [0.15, 0.2) is 0 Å². The molecule has 0 aromatic heterocycles. The highest BCUT2D eigenvalue weighted by Crippen LogP contribution is 2.13. The first-order valence-electron chi connectivity index (χ1n) is 7.01. The molecule has 0 fully saturated rings. The van der Waals surface area contributed by atoms with Gasteiger partial charge in [-0.05, 0) is 36.8 Å². The maximum atomic E-state index is 11.8. The van der Waals surface area contributed by atoms with Gasteiger partial charge in [0.25, 0.3) is 0 Å². The van der Waals surface area contributed by atoms with Crippen molar-refractivity contribution in [2.45, 2.75) is 20.4 Å². The first-order valence-corrected chi connectivity index (χ1v) is 7.01. The van der Waals surface area contributed by atoms with Crippen LogP contribution in [0.25, 0.3) is 0 Å². The summed E-state index contributed by atoms with van der Waals surface area (Å²) in [4.78, 5) is 22.8. The van der Waals surface area contributed by atoms with Gasteiger partial charge in [-0.2, -0.15) is 0 Å². The zero-order valence-electron chi connectivity index (χ0n) is 12.6. The van der Waals surface area contributed by atoms with Crippen LogP contribution < -0.4 is 16.0 Å². The van der Waals surface area contributed by atoms with Gasteiger partial charge in [-0.15, -0.1) is 0 Å². The Morgan fingerprint density at radius 1 is 0.955 bits per heavy atom. The summed E-state index contributed by atoms with van der Waals surface area (Å²) in [5.74, 6) is -0.128. The predicted octanol–water partition coefficient (Wildman–Crippen LogP) is 3.28. The van der Waals surface area contributed by atoms with Gasteiger partial charge >= 0.3 is 6.03 Å². The smallest absolute Gasteiger partial charge is 0.319 e. The summed E-state index contributed by atoms with van der Waals surface area (Å²) >= 11 is 0. The van der Waals surface area contributed by atoms with Gasteiger partial charge in [0.2, 0.25) is 5.91 Å². The molecular weight excluding hydrogens is 278 g/mol. The molecular formula is C17H19N3O2. The molecule has 0 aliphatic carbocycles. The molecule has 5 nitrogen and oxygen atoms in total. The van der Waals surface area contributed by atoms with Crippen LogP contribution in [0.15, 0.2) is 48.5 Å². The molecule has 0 saturated carbocycles. The molecule has 0 radical (unpaired) electrons. The van der Waals surface area contributed by atoms with E-state index < -0.39 is 0 Å². The molecule has 0 aliphatic rings. The Bertz CT molecular complexity index is 666. The van der Waals surface area contributed by atoms with Crippen LogP contribution in [0.5, 0.6) is 0 Å². The number of urea groups is 1. The Labute approximate surface area is 129 Å². The summed E-state index contributed by atoms with van der Waals surface area (Å²) in [6, 6.07) is 14.6. The first-order chi connectivity index (χ1) is 10.5. The average molecular weight is 297 g/mol. The first kappa shape index (κ1) is 15.6. The standard InChI is InChI=1S/C17H19N3O2/c1-12-4-3-5-14(10-12)11-18-17(22)20-16-8-6-15(7-9-16)19-13(2)21/h3-10H,11H2,1-2H3,(H,19,21)(H2,18,20,22). The van der Waals surface area contributed by atoms with Crippen LogP contribution >= 0.6 is 0 Å². The van der Waals surface area contributed by atoms with Crippen LogP contribution in [0.2, 0.25) is 0 Å². The van der Waals surface area contributed by atoms with Crippen LogP contribution in [0.3, 0.4) is 0 Å². The topological polar surface area (TPSA) is 70.2 Å². The van der Waals surface area contributed by atoms with Crippen molar-refractivity contribution in [1.82, 2.24) is 5.32 Å². The Balaban J connectivity index is 1.85. The van der Waals surface area contributed by atoms with Crippen molar-refractivity contribution in [2.24, 2.45) is 0 Å². The molecule has 0 aliphatic heterocycles. The van der Waals surface area contributed by atoms with Crippen LogP contribution in [0.4, 0.5) is 16.2 Å². The molecule has 0 spiro atoms. The Morgan fingerprint density at radius 3 is 2.18 bits per heavy atom. The molecule has 2 aromatic rings. The number of hydrogen-bond acceptors (Lipinski definition) is 2. The quantitative estimate of drug-likeness (QED) is 0.810. The van der Waals surface area contributed by atoms with Crippen LogP contribution in [0, 0.1) is 6.92 Å². The number of carbonyl (C=O) groups excluding carboxylic acids is 2. The van der Waals surface area contributed by atoms with Crippen LogP contribution in [-0.2, 0) is 11.3 Å². The van der Waals surface area contributed by atoms with Crippen molar-refractivity contribution in [3.8, 4) is 0 Å². The van der Waals surface area contributed by atoms with E-state index in [1.807, 2.05) is 31.2 Å². The van der Waals surface area contributed by atoms with Gasteiger partial charge in [0.1, 0.15) is 0 Å². The summed E-state index contributed by atoms with van der Waals surface area (Å²) in [6.07, 6.45) is 0. The van der Waals surface area contributed by atoms with Crippen LogP contribution in [-0.4, -0.2) is 11.9 Å².